The van der Waals surface area contributed by atoms with Crippen LogP contribution < -0.4 is 24.3 Å². The van der Waals surface area contributed by atoms with E-state index in [2.05, 4.69) is 20.4 Å². The van der Waals surface area contributed by atoms with Gasteiger partial charge in [0.2, 0.25) is 0 Å². The summed E-state index contributed by atoms with van der Waals surface area (Å²) in [7, 11) is 3.04. The summed E-state index contributed by atoms with van der Waals surface area (Å²) in [6.45, 7) is -0.199. The Morgan fingerprint density at radius 2 is 1.82 bits per heavy atom. The SMILES string of the molecule is COc1cc2nccc(Oc3ccc(NC(=O)c4nn(C[C@@H](C)O)cc4OCC(F)(F)F)nc3)c2cc1OC. The maximum absolute atomic E-state index is 12.8. The molecule has 4 rings (SSSR count). The van der Waals surface area contributed by atoms with Crippen LogP contribution in [0, 0.1) is 0 Å². The molecule has 39 heavy (non-hydrogen) atoms. The van der Waals surface area contributed by atoms with E-state index in [4.69, 9.17) is 18.9 Å². The van der Waals surface area contributed by atoms with Gasteiger partial charge in [0.1, 0.15) is 17.3 Å². The molecule has 3 heterocycles. The minimum absolute atomic E-state index is 0.0533. The zero-order chi connectivity index (χ0) is 28.2. The number of amides is 1. The first-order valence-electron chi connectivity index (χ1n) is 11.5. The van der Waals surface area contributed by atoms with Crippen molar-refractivity contribution in [3.63, 3.8) is 0 Å². The Morgan fingerprint density at radius 3 is 2.46 bits per heavy atom. The highest BCUT2D eigenvalue weighted by molar-refractivity contribution is 6.04. The Balaban J connectivity index is 1.51. The number of nitrogens with zero attached hydrogens (tertiary/aromatic N) is 4. The van der Waals surface area contributed by atoms with Crippen LogP contribution in [0.5, 0.6) is 28.7 Å². The predicted molar refractivity (Wildman–Crippen MR) is 133 cm³/mol. The van der Waals surface area contributed by atoms with E-state index in [0.29, 0.717) is 33.9 Å². The third-order valence-corrected chi connectivity index (χ3v) is 5.20. The van der Waals surface area contributed by atoms with Crippen LogP contribution in [0.3, 0.4) is 0 Å². The molecule has 1 amide bonds. The number of carbonyl (C=O) groups excluding carboxylic acids is 1. The average Bonchev–Trinajstić information content (AvgIpc) is 3.29. The topological polar surface area (TPSA) is 130 Å². The van der Waals surface area contributed by atoms with Gasteiger partial charge in [0, 0.05) is 17.6 Å². The molecule has 0 aliphatic carbocycles. The highest BCUT2D eigenvalue weighted by atomic mass is 19.4. The maximum atomic E-state index is 12.8. The molecule has 0 unspecified atom stereocenters. The molecule has 11 nitrogen and oxygen atoms in total. The Bertz CT molecular complexity index is 1460. The molecule has 14 heteroatoms. The molecule has 0 bridgehead atoms. The normalized spacial score (nSPS) is 12.2. The molecule has 0 radical (unpaired) electrons. The number of carbonyl (C=O) groups is 1. The summed E-state index contributed by atoms with van der Waals surface area (Å²) in [5, 5.41) is 16.6. The lowest BCUT2D eigenvalue weighted by molar-refractivity contribution is -0.153. The van der Waals surface area contributed by atoms with E-state index in [0.717, 1.165) is 10.9 Å². The van der Waals surface area contributed by atoms with Crippen molar-refractivity contribution in [2.45, 2.75) is 25.7 Å². The lowest BCUT2D eigenvalue weighted by Gasteiger charge is -2.12. The molecule has 3 aromatic heterocycles. The van der Waals surface area contributed by atoms with Gasteiger partial charge in [-0.1, -0.05) is 0 Å². The van der Waals surface area contributed by atoms with Gasteiger partial charge in [-0.15, -0.1) is 0 Å². The van der Waals surface area contributed by atoms with Crippen molar-refractivity contribution in [2.24, 2.45) is 0 Å². The summed E-state index contributed by atoms with van der Waals surface area (Å²) in [6.07, 6.45) is -1.43. The lowest BCUT2D eigenvalue weighted by Crippen LogP contribution is -2.21. The number of methoxy groups -OCH3 is 2. The summed E-state index contributed by atoms with van der Waals surface area (Å²) in [5.74, 6) is 0.666. The fourth-order valence-corrected chi connectivity index (χ4v) is 3.54. The predicted octanol–water partition coefficient (Wildman–Crippen LogP) is 4.21. The lowest BCUT2D eigenvalue weighted by atomic mass is 10.2. The van der Waals surface area contributed by atoms with Gasteiger partial charge >= 0.3 is 6.18 Å². The maximum Gasteiger partial charge on any atom is 0.422 e. The second-order valence-electron chi connectivity index (χ2n) is 8.29. The van der Waals surface area contributed by atoms with Crippen molar-refractivity contribution in [2.75, 3.05) is 26.1 Å². The molecular formula is C25H24F3N5O6. The average molecular weight is 547 g/mol. The zero-order valence-electron chi connectivity index (χ0n) is 21.0. The van der Waals surface area contributed by atoms with Gasteiger partial charge < -0.3 is 29.4 Å². The first kappa shape index (κ1) is 27.4. The Hall–Kier alpha value is -4.59. The number of fused-ring (bicyclic) bond motifs is 1. The van der Waals surface area contributed by atoms with Crippen LogP contribution in [0.15, 0.2) is 48.9 Å². The molecule has 0 aliphatic heterocycles. The van der Waals surface area contributed by atoms with Crippen LogP contribution in [0.2, 0.25) is 0 Å². The summed E-state index contributed by atoms with van der Waals surface area (Å²) in [6, 6.07) is 8.10. The molecule has 1 atom stereocenters. The molecule has 0 saturated carbocycles. The van der Waals surface area contributed by atoms with Crippen LogP contribution in [0.4, 0.5) is 19.0 Å². The van der Waals surface area contributed by atoms with Crippen molar-refractivity contribution in [1.82, 2.24) is 19.7 Å². The number of nitrogens with one attached hydrogen (secondary N) is 1. The molecular weight excluding hydrogens is 523 g/mol. The quantitative estimate of drug-likeness (QED) is 0.300. The van der Waals surface area contributed by atoms with Gasteiger partial charge in [-0.25, -0.2) is 4.98 Å². The van der Waals surface area contributed by atoms with E-state index in [1.165, 1.54) is 33.4 Å². The van der Waals surface area contributed by atoms with E-state index in [9.17, 15) is 23.1 Å². The van der Waals surface area contributed by atoms with Gasteiger partial charge in [0.05, 0.1) is 44.8 Å². The monoisotopic (exact) mass is 547 g/mol. The van der Waals surface area contributed by atoms with Gasteiger partial charge in [0.15, 0.2) is 29.5 Å². The number of pyridine rings is 2. The highest BCUT2D eigenvalue weighted by Gasteiger charge is 2.30. The number of aliphatic hydroxyl groups is 1. The summed E-state index contributed by atoms with van der Waals surface area (Å²) < 4.78 is 60.5. The van der Waals surface area contributed by atoms with Crippen LogP contribution in [-0.2, 0) is 6.54 Å². The summed E-state index contributed by atoms with van der Waals surface area (Å²) in [4.78, 5) is 21.2. The smallest absolute Gasteiger partial charge is 0.422 e. The number of ether oxygens (including phenoxy) is 4. The first-order valence-corrected chi connectivity index (χ1v) is 11.5. The van der Waals surface area contributed by atoms with Crippen LogP contribution in [-0.4, -0.2) is 63.9 Å². The Labute approximate surface area is 220 Å². The molecule has 0 aliphatic rings. The number of hydrogen-bond acceptors (Lipinski definition) is 9. The third kappa shape index (κ3) is 6.84. The van der Waals surface area contributed by atoms with E-state index in [1.807, 2.05) is 0 Å². The minimum Gasteiger partial charge on any atom is -0.493 e. The van der Waals surface area contributed by atoms with Crippen LogP contribution >= 0.6 is 0 Å². The fraction of sp³-hybridized carbons (Fsp3) is 0.280. The Morgan fingerprint density at radius 1 is 1.08 bits per heavy atom. The summed E-state index contributed by atoms with van der Waals surface area (Å²) in [5.41, 5.74) is 0.218. The zero-order valence-corrected chi connectivity index (χ0v) is 21.0. The molecule has 0 saturated heterocycles. The molecule has 4 aromatic rings. The first-order chi connectivity index (χ1) is 18.6. The standard InChI is InChI=1S/C25H24F3N5O6/c1-14(34)11-33-12-21(38-13-25(26,27)28)23(32-33)24(35)31-22-5-4-15(10-30-22)39-18-6-7-29-17-9-20(37-3)19(36-2)8-16(17)18/h4-10,12,14,34H,11,13H2,1-3H3,(H,30,31,35)/t14-/m1/s1. The van der Waals surface area contributed by atoms with E-state index in [1.54, 1.807) is 30.5 Å². The molecule has 0 fully saturated rings. The second kappa shape index (κ2) is 11.4. The second-order valence-corrected chi connectivity index (χ2v) is 8.29. The van der Waals surface area contributed by atoms with E-state index < -0.39 is 30.5 Å². The number of aromatic nitrogens is 4. The largest absolute Gasteiger partial charge is 0.493 e. The minimum atomic E-state index is -4.62. The number of aliphatic hydroxyl groups excluding tert-OH is 1. The van der Waals surface area contributed by atoms with Crippen molar-refractivity contribution >= 4 is 22.6 Å². The molecule has 1 aromatic carbocycles. The number of hydrogen-bond donors (Lipinski definition) is 2. The third-order valence-electron chi connectivity index (χ3n) is 5.20. The number of rotatable bonds is 10. The number of alkyl halides is 3. The van der Waals surface area contributed by atoms with E-state index >= 15 is 0 Å². The van der Waals surface area contributed by atoms with Gasteiger partial charge in [-0.3, -0.25) is 14.5 Å². The fourth-order valence-electron chi connectivity index (χ4n) is 3.54. The molecule has 0 spiro atoms. The molecule has 2 N–H and O–H groups in total. The van der Waals surface area contributed by atoms with Gasteiger partial charge in [-0.2, -0.15) is 18.3 Å². The Kier molecular flexibility index (Phi) is 8.04. The van der Waals surface area contributed by atoms with Crippen molar-refractivity contribution in [3.8, 4) is 28.7 Å². The number of halogens is 3. The van der Waals surface area contributed by atoms with Gasteiger partial charge in [0.25, 0.3) is 5.91 Å². The summed E-state index contributed by atoms with van der Waals surface area (Å²) >= 11 is 0. The van der Waals surface area contributed by atoms with Crippen molar-refractivity contribution in [3.05, 3.63) is 54.6 Å². The van der Waals surface area contributed by atoms with E-state index in [-0.39, 0.29) is 18.1 Å². The molecule has 206 valence electrons. The van der Waals surface area contributed by atoms with Crippen molar-refractivity contribution < 1.29 is 42.0 Å². The highest BCUT2D eigenvalue weighted by Crippen LogP contribution is 2.36. The number of benzene rings is 1. The van der Waals surface area contributed by atoms with Gasteiger partial charge in [-0.05, 0) is 31.2 Å². The number of anilines is 1. The van der Waals surface area contributed by atoms with Crippen molar-refractivity contribution in [1.29, 1.82) is 0 Å². The van der Waals surface area contributed by atoms with Crippen LogP contribution in [0.25, 0.3) is 10.9 Å². The van der Waals surface area contributed by atoms with Crippen LogP contribution in [0.1, 0.15) is 17.4 Å².